The van der Waals surface area contributed by atoms with Crippen LogP contribution in [0.5, 0.6) is 0 Å². The molecule has 3 heteroatoms. The standard InChI is InChI=1S/C11H19NO2/c1-11(2,4-5-13)9-12-7-10-3-6-14-8-10/h3,6,8,12-13H,4-5,7,9H2,1-2H3. The predicted molar refractivity (Wildman–Crippen MR) is 55.9 cm³/mol. The minimum atomic E-state index is 0.151. The third kappa shape index (κ3) is 3.94. The molecule has 0 saturated heterocycles. The Kier molecular flexibility index (Phi) is 4.17. The lowest BCUT2D eigenvalue weighted by atomic mass is 9.90. The number of aliphatic hydroxyl groups excluding tert-OH is 1. The maximum atomic E-state index is 8.84. The summed E-state index contributed by atoms with van der Waals surface area (Å²) in [5.74, 6) is 0. The molecule has 0 amide bonds. The van der Waals surface area contributed by atoms with Crippen LogP contribution in [0.2, 0.25) is 0 Å². The zero-order valence-electron chi connectivity index (χ0n) is 8.92. The Bertz CT molecular complexity index is 242. The lowest BCUT2D eigenvalue weighted by Crippen LogP contribution is -2.29. The van der Waals surface area contributed by atoms with Crippen molar-refractivity contribution >= 4 is 0 Å². The smallest absolute Gasteiger partial charge is 0.0947 e. The molecule has 2 N–H and O–H groups in total. The number of nitrogens with one attached hydrogen (secondary N) is 1. The number of aliphatic hydroxyl groups is 1. The SMILES string of the molecule is CC(C)(CCO)CNCc1ccoc1. The number of hydrogen-bond acceptors (Lipinski definition) is 3. The fourth-order valence-electron chi connectivity index (χ4n) is 1.33. The number of hydrogen-bond donors (Lipinski definition) is 2. The average molecular weight is 197 g/mol. The molecule has 0 saturated carbocycles. The summed E-state index contributed by atoms with van der Waals surface area (Å²) in [5.41, 5.74) is 1.31. The van der Waals surface area contributed by atoms with E-state index in [2.05, 4.69) is 19.2 Å². The molecular formula is C11H19NO2. The molecule has 80 valence electrons. The normalized spacial score (nSPS) is 11.9. The summed E-state index contributed by atoms with van der Waals surface area (Å²) in [6.45, 7) is 6.27. The van der Waals surface area contributed by atoms with Crippen molar-refractivity contribution in [3.63, 3.8) is 0 Å². The monoisotopic (exact) mass is 197 g/mol. The van der Waals surface area contributed by atoms with Gasteiger partial charge in [-0.15, -0.1) is 0 Å². The van der Waals surface area contributed by atoms with Crippen LogP contribution in [0.25, 0.3) is 0 Å². The van der Waals surface area contributed by atoms with Crippen molar-refractivity contribution in [2.24, 2.45) is 5.41 Å². The highest BCUT2D eigenvalue weighted by atomic mass is 16.3. The first-order valence-electron chi connectivity index (χ1n) is 4.97. The highest BCUT2D eigenvalue weighted by molar-refractivity contribution is 5.04. The topological polar surface area (TPSA) is 45.4 Å². The van der Waals surface area contributed by atoms with Gasteiger partial charge in [-0.25, -0.2) is 0 Å². The first-order valence-corrected chi connectivity index (χ1v) is 4.97. The quantitative estimate of drug-likeness (QED) is 0.730. The third-order valence-corrected chi connectivity index (χ3v) is 2.30. The molecule has 1 heterocycles. The number of furan rings is 1. The molecule has 0 atom stereocenters. The summed E-state index contributed by atoms with van der Waals surface area (Å²) in [6.07, 6.45) is 4.24. The molecule has 14 heavy (non-hydrogen) atoms. The van der Waals surface area contributed by atoms with Gasteiger partial charge in [0.05, 0.1) is 12.5 Å². The first kappa shape index (κ1) is 11.3. The van der Waals surface area contributed by atoms with E-state index in [0.29, 0.717) is 0 Å². The van der Waals surface area contributed by atoms with Gasteiger partial charge in [-0.3, -0.25) is 0 Å². The van der Waals surface area contributed by atoms with Gasteiger partial charge in [-0.2, -0.15) is 0 Å². The van der Waals surface area contributed by atoms with Crippen LogP contribution in [-0.2, 0) is 6.54 Å². The van der Waals surface area contributed by atoms with Crippen molar-refractivity contribution in [2.75, 3.05) is 13.2 Å². The Labute approximate surface area is 85.1 Å². The third-order valence-electron chi connectivity index (χ3n) is 2.30. The van der Waals surface area contributed by atoms with Gasteiger partial charge in [-0.05, 0) is 17.9 Å². The molecular weight excluding hydrogens is 178 g/mol. The molecule has 0 aliphatic carbocycles. The molecule has 0 aliphatic rings. The van der Waals surface area contributed by atoms with E-state index in [1.54, 1.807) is 12.5 Å². The van der Waals surface area contributed by atoms with Crippen molar-refractivity contribution in [2.45, 2.75) is 26.8 Å². The van der Waals surface area contributed by atoms with Crippen LogP contribution in [0.3, 0.4) is 0 Å². The van der Waals surface area contributed by atoms with E-state index >= 15 is 0 Å². The lowest BCUT2D eigenvalue weighted by Gasteiger charge is -2.23. The largest absolute Gasteiger partial charge is 0.472 e. The van der Waals surface area contributed by atoms with Crippen LogP contribution in [0.1, 0.15) is 25.8 Å². The second-order valence-electron chi connectivity index (χ2n) is 4.37. The molecule has 1 aromatic heterocycles. The summed E-state index contributed by atoms with van der Waals surface area (Å²) < 4.78 is 4.96. The minimum Gasteiger partial charge on any atom is -0.472 e. The Morgan fingerprint density at radius 3 is 2.86 bits per heavy atom. The maximum Gasteiger partial charge on any atom is 0.0947 e. The average Bonchev–Trinajstić information content (AvgIpc) is 2.56. The van der Waals surface area contributed by atoms with Crippen molar-refractivity contribution in [1.82, 2.24) is 5.32 Å². The van der Waals surface area contributed by atoms with Gasteiger partial charge in [0.15, 0.2) is 0 Å². The van der Waals surface area contributed by atoms with E-state index in [4.69, 9.17) is 9.52 Å². The van der Waals surface area contributed by atoms with E-state index in [1.807, 2.05) is 6.07 Å². The van der Waals surface area contributed by atoms with E-state index in [9.17, 15) is 0 Å². The summed E-state index contributed by atoms with van der Waals surface area (Å²) in [7, 11) is 0. The van der Waals surface area contributed by atoms with Crippen LogP contribution in [-0.4, -0.2) is 18.3 Å². The van der Waals surface area contributed by atoms with E-state index in [0.717, 1.165) is 25.1 Å². The molecule has 0 aromatic carbocycles. The van der Waals surface area contributed by atoms with E-state index in [1.165, 1.54) is 0 Å². The summed E-state index contributed by atoms with van der Waals surface area (Å²) >= 11 is 0. The minimum absolute atomic E-state index is 0.151. The van der Waals surface area contributed by atoms with Crippen LogP contribution in [0.4, 0.5) is 0 Å². The van der Waals surface area contributed by atoms with Crippen LogP contribution < -0.4 is 5.32 Å². The molecule has 0 fully saturated rings. The van der Waals surface area contributed by atoms with Crippen molar-refractivity contribution < 1.29 is 9.52 Å². The Morgan fingerprint density at radius 2 is 2.29 bits per heavy atom. The molecule has 0 spiro atoms. The summed E-state index contributed by atoms with van der Waals surface area (Å²) in [5, 5.41) is 12.2. The van der Waals surface area contributed by atoms with Gasteiger partial charge in [0.2, 0.25) is 0 Å². The summed E-state index contributed by atoms with van der Waals surface area (Å²) in [4.78, 5) is 0. The Morgan fingerprint density at radius 1 is 1.50 bits per heavy atom. The lowest BCUT2D eigenvalue weighted by molar-refractivity contribution is 0.207. The highest BCUT2D eigenvalue weighted by Crippen LogP contribution is 2.18. The Balaban J connectivity index is 2.20. The van der Waals surface area contributed by atoms with Gasteiger partial charge in [-0.1, -0.05) is 13.8 Å². The number of rotatable bonds is 6. The fourth-order valence-corrected chi connectivity index (χ4v) is 1.33. The molecule has 3 nitrogen and oxygen atoms in total. The van der Waals surface area contributed by atoms with Crippen LogP contribution in [0.15, 0.2) is 23.0 Å². The van der Waals surface area contributed by atoms with Gasteiger partial charge in [0.1, 0.15) is 0 Å². The van der Waals surface area contributed by atoms with E-state index in [-0.39, 0.29) is 12.0 Å². The second-order valence-corrected chi connectivity index (χ2v) is 4.37. The molecule has 1 rings (SSSR count). The predicted octanol–water partition coefficient (Wildman–Crippen LogP) is 1.78. The highest BCUT2D eigenvalue weighted by Gasteiger charge is 2.16. The maximum absolute atomic E-state index is 8.84. The molecule has 0 unspecified atom stereocenters. The van der Waals surface area contributed by atoms with Crippen molar-refractivity contribution in [3.8, 4) is 0 Å². The molecule has 0 bridgehead atoms. The van der Waals surface area contributed by atoms with Crippen LogP contribution >= 0.6 is 0 Å². The van der Waals surface area contributed by atoms with Gasteiger partial charge in [0.25, 0.3) is 0 Å². The first-order chi connectivity index (χ1) is 6.64. The van der Waals surface area contributed by atoms with E-state index < -0.39 is 0 Å². The second kappa shape index (κ2) is 5.17. The summed E-state index contributed by atoms with van der Waals surface area (Å²) in [6, 6.07) is 1.95. The van der Waals surface area contributed by atoms with Crippen molar-refractivity contribution in [1.29, 1.82) is 0 Å². The van der Waals surface area contributed by atoms with Gasteiger partial charge < -0.3 is 14.8 Å². The molecule has 0 radical (unpaired) electrons. The molecule has 0 aliphatic heterocycles. The van der Waals surface area contributed by atoms with Gasteiger partial charge >= 0.3 is 0 Å². The van der Waals surface area contributed by atoms with Crippen molar-refractivity contribution in [3.05, 3.63) is 24.2 Å². The fraction of sp³-hybridized carbons (Fsp3) is 0.636. The molecule has 1 aromatic rings. The zero-order chi connectivity index (χ0) is 10.4. The Hall–Kier alpha value is -0.800. The zero-order valence-corrected chi connectivity index (χ0v) is 8.92. The van der Waals surface area contributed by atoms with Crippen LogP contribution in [0, 0.1) is 5.41 Å². The van der Waals surface area contributed by atoms with Gasteiger partial charge in [0, 0.05) is 25.3 Å².